The van der Waals surface area contributed by atoms with E-state index in [4.69, 9.17) is 15.7 Å². The molecule has 0 aliphatic carbocycles. The van der Waals surface area contributed by atoms with Crippen LogP contribution in [0.25, 0.3) is 0 Å². The van der Waals surface area contributed by atoms with Gasteiger partial charge in [-0.1, -0.05) is 15.9 Å². The van der Waals surface area contributed by atoms with Crippen molar-refractivity contribution in [1.82, 2.24) is 0 Å². The molecule has 7 heteroatoms. The lowest BCUT2D eigenvalue weighted by Gasteiger charge is -2.16. The Morgan fingerprint density at radius 1 is 1.65 bits per heavy atom. The summed E-state index contributed by atoms with van der Waals surface area (Å²) in [5, 5.41) is 19.3. The molecule has 0 radical (unpaired) electrons. The molecule has 6 nitrogen and oxygen atoms in total. The fraction of sp³-hybridized carbons (Fsp3) is 0.300. The summed E-state index contributed by atoms with van der Waals surface area (Å²) in [7, 11) is 0. The molecule has 17 heavy (non-hydrogen) atoms. The molecule has 0 heterocycles. The van der Waals surface area contributed by atoms with Crippen molar-refractivity contribution in [1.29, 1.82) is 5.26 Å². The molecule has 0 spiro atoms. The van der Waals surface area contributed by atoms with Gasteiger partial charge in [0.15, 0.2) is 0 Å². The molecule has 0 amide bonds. The average Bonchev–Trinajstić information content (AvgIpc) is 2.26. The van der Waals surface area contributed by atoms with Crippen LogP contribution in [0.3, 0.4) is 0 Å². The summed E-state index contributed by atoms with van der Waals surface area (Å²) in [5.74, 6) is 0.290. The maximum atomic E-state index is 10.6. The Bertz CT molecular complexity index is 482. The lowest BCUT2D eigenvalue weighted by atomic mass is 10.1. The summed E-state index contributed by atoms with van der Waals surface area (Å²) in [6.45, 7) is 1.47. The number of nitrogens with zero attached hydrogens (tertiary/aromatic N) is 2. The topological polar surface area (TPSA) is 102 Å². The van der Waals surface area contributed by atoms with E-state index in [1.165, 1.54) is 19.1 Å². The van der Waals surface area contributed by atoms with Gasteiger partial charge in [0, 0.05) is 10.5 Å². The van der Waals surface area contributed by atoms with Crippen LogP contribution >= 0.6 is 15.9 Å². The Balaban J connectivity index is 2.86. The Morgan fingerprint density at radius 2 is 2.29 bits per heavy atom. The third-order valence-corrected chi connectivity index (χ3v) is 2.32. The number of hydrogen-bond acceptors (Lipinski definition) is 5. The molecule has 90 valence electrons. The minimum Gasteiger partial charge on any atom is -0.490 e. The van der Waals surface area contributed by atoms with E-state index in [1.54, 1.807) is 6.07 Å². The molecule has 0 saturated heterocycles. The summed E-state index contributed by atoms with van der Waals surface area (Å²) in [6.07, 6.45) is 0. The Kier molecular flexibility index (Phi) is 4.04. The van der Waals surface area contributed by atoms with Gasteiger partial charge in [-0.25, -0.2) is 0 Å². The predicted octanol–water partition coefficient (Wildman–Crippen LogP) is 1.98. The van der Waals surface area contributed by atoms with Crippen molar-refractivity contribution in [3.05, 3.63) is 32.8 Å². The Labute approximate surface area is 106 Å². The molecule has 0 saturated carbocycles. The van der Waals surface area contributed by atoms with E-state index in [2.05, 4.69) is 15.9 Å². The van der Waals surface area contributed by atoms with Gasteiger partial charge in [0.25, 0.3) is 5.69 Å². The first-order valence-electron chi connectivity index (χ1n) is 4.62. The van der Waals surface area contributed by atoms with Crippen molar-refractivity contribution in [3.8, 4) is 11.8 Å². The number of halogens is 1. The molecule has 0 bridgehead atoms. The van der Waals surface area contributed by atoms with Gasteiger partial charge in [0.05, 0.1) is 17.1 Å². The highest BCUT2D eigenvalue weighted by Gasteiger charge is 2.19. The SMILES string of the molecule is CC(N)(C#N)COc1cc(Br)cc([N+](=O)[O-])c1. The molecule has 1 unspecified atom stereocenters. The average molecular weight is 300 g/mol. The van der Waals surface area contributed by atoms with Gasteiger partial charge < -0.3 is 10.5 Å². The minimum atomic E-state index is -1.13. The molecule has 1 aromatic rings. The van der Waals surface area contributed by atoms with Gasteiger partial charge in [0.2, 0.25) is 0 Å². The van der Waals surface area contributed by atoms with E-state index in [9.17, 15) is 10.1 Å². The van der Waals surface area contributed by atoms with Gasteiger partial charge >= 0.3 is 0 Å². The number of benzene rings is 1. The molecule has 1 rings (SSSR count). The van der Waals surface area contributed by atoms with Crippen LogP contribution < -0.4 is 10.5 Å². The molecule has 0 aliphatic rings. The standard InChI is InChI=1S/C10H10BrN3O3/c1-10(13,5-12)6-17-9-3-7(11)2-8(4-9)14(15)16/h2-4H,6,13H2,1H3. The maximum Gasteiger partial charge on any atom is 0.274 e. The fourth-order valence-corrected chi connectivity index (χ4v) is 1.46. The number of nitriles is 1. The van der Waals surface area contributed by atoms with Crippen LogP contribution in [0.4, 0.5) is 5.69 Å². The first-order chi connectivity index (χ1) is 7.84. The van der Waals surface area contributed by atoms with Gasteiger partial charge in [0.1, 0.15) is 17.9 Å². The lowest BCUT2D eigenvalue weighted by molar-refractivity contribution is -0.385. The highest BCUT2D eigenvalue weighted by atomic mass is 79.9. The van der Waals surface area contributed by atoms with Gasteiger partial charge in [-0.2, -0.15) is 5.26 Å². The largest absolute Gasteiger partial charge is 0.490 e. The molecular weight excluding hydrogens is 290 g/mol. The zero-order chi connectivity index (χ0) is 13.1. The van der Waals surface area contributed by atoms with E-state index >= 15 is 0 Å². The smallest absolute Gasteiger partial charge is 0.274 e. The van der Waals surface area contributed by atoms with Crippen LogP contribution in [0.5, 0.6) is 5.75 Å². The molecular formula is C10H10BrN3O3. The highest BCUT2D eigenvalue weighted by molar-refractivity contribution is 9.10. The van der Waals surface area contributed by atoms with Crippen LogP contribution in [0.15, 0.2) is 22.7 Å². The van der Waals surface area contributed by atoms with Gasteiger partial charge in [-0.15, -0.1) is 0 Å². The van der Waals surface area contributed by atoms with E-state index < -0.39 is 10.5 Å². The molecule has 0 aliphatic heterocycles. The number of nitrogens with two attached hydrogens (primary N) is 1. The van der Waals surface area contributed by atoms with E-state index in [0.717, 1.165) is 0 Å². The summed E-state index contributed by atoms with van der Waals surface area (Å²) < 4.78 is 5.78. The number of rotatable bonds is 4. The summed E-state index contributed by atoms with van der Waals surface area (Å²) in [6, 6.07) is 6.08. The normalized spacial score (nSPS) is 13.5. The molecule has 0 fully saturated rings. The second-order valence-corrected chi connectivity index (χ2v) is 4.64. The first-order valence-corrected chi connectivity index (χ1v) is 5.41. The van der Waals surface area contributed by atoms with E-state index in [1.807, 2.05) is 6.07 Å². The van der Waals surface area contributed by atoms with Crippen molar-refractivity contribution in [2.24, 2.45) is 5.73 Å². The van der Waals surface area contributed by atoms with Gasteiger partial charge in [-0.3, -0.25) is 10.1 Å². The van der Waals surface area contributed by atoms with Crippen molar-refractivity contribution >= 4 is 21.6 Å². The quantitative estimate of drug-likeness (QED) is 0.676. The molecule has 2 N–H and O–H groups in total. The maximum absolute atomic E-state index is 10.6. The van der Waals surface area contributed by atoms with Crippen molar-refractivity contribution in [2.75, 3.05) is 6.61 Å². The van der Waals surface area contributed by atoms with Crippen LogP contribution in [-0.4, -0.2) is 17.1 Å². The number of non-ortho nitro benzene ring substituents is 1. The molecule has 1 atom stereocenters. The Hall–Kier alpha value is -1.65. The predicted molar refractivity (Wildman–Crippen MR) is 64.5 cm³/mol. The summed E-state index contributed by atoms with van der Waals surface area (Å²) in [5.41, 5.74) is 4.35. The van der Waals surface area contributed by atoms with Gasteiger partial charge in [-0.05, 0) is 13.0 Å². The molecule has 0 aromatic heterocycles. The van der Waals surface area contributed by atoms with Crippen molar-refractivity contribution in [3.63, 3.8) is 0 Å². The zero-order valence-electron chi connectivity index (χ0n) is 9.01. The van der Waals surface area contributed by atoms with E-state index in [0.29, 0.717) is 4.47 Å². The third-order valence-electron chi connectivity index (χ3n) is 1.86. The number of hydrogen-bond donors (Lipinski definition) is 1. The van der Waals surface area contributed by atoms with Crippen LogP contribution in [0.1, 0.15) is 6.92 Å². The summed E-state index contributed by atoms with van der Waals surface area (Å²) in [4.78, 5) is 10.1. The number of nitro groups is 1. The highest BCUT2D eigenvalue weighted by Crippen LogP contribution is 2.26. The second kappa shape index (κ2) is 5.12. The zero-order valence-corrected chi connectivity index (χ0v) is 10.6. The van der Waals surface area contributed by atoms with Crippen molar-refractivity contribution in [2.45, 2.75) is 12.5 Å². The lowest BCUT2D eigenvalue weighted by Crippen LogP contribution is -2.40. The minimum absolute atomic E-state index is 0.0445. The van der Waals surface area contributed by atoms with Crippen LogP contribution in [0.2, 0.25) is 0 Å². The first kappa shape index (κ1) is 13.4. The van der Waals surface area contributed by atoms with Crippen LogP contribution in [0, 0.1) is 21.4 Å². The second-order valence-electron chi connectivity index (χ2n) is 3.72. The fourth-order valence-electron chi connectivity index (χ4n) is 1.00. The van der Waals surface area contributed by atoms with E-state index in [-0.39, 0.29) is 18.0 Å². The van der Waals surface area contributed by atoms with Crippen LogP contribution in [-0.2, 0) is 0 Å². The monoisotopic (exact) mass is 299 g/mol. The molecule has 1 aromatic carbocycles. The van der Waals surface area contributed by atoms with Crippen molar-refractivity contribution < 1.29 is 9.66 Å². The Morgan fingerprint density at radius 3 is 2.82 bits per heavy atom. The summed E-state index contributed by atoms with van der Waals surface area (Å²) >= 11 is 3.14. The number of ether oxygens (including phenoxy) is 1. The third kappa shape index (κ3) is 4.01. The number of nitro benzene ring substituents is 1.